The molecule has 1 atom stereocenters. The number of aryl methyl sites for hydroxylation is 2. The Morgan fingerprint density at radius 1 is 1.33 bits per heavy atom. The minimum Gasteiger partial charge on any atom is -0.494 e. The van der Waals surface area contributed by atoms with Gasteiger partial charge < -0.3 is 14.7 Å². The number of carboxylic acids is 1. The molecule has 0 radical (unpaired) electrons. The summed E-state index contributed by atoms with van der Waals surface area (Å²) in [6, 6.07) is 6.26. The van der Waals surface area contributed by atoms with E-state index in [9.17, 15) is 4.79 Å². The minimum absolute atomic E-state index is 0.301. The van der Waals surface area contributed by atoms with E-state index >= 15 is 0 Å². The van der Waals surface area contributed by atoms with E-state index in [4.69, 9.17) is 9.84 Å². The van der Waals surface area contributed by atoms with Crippen molar-refractivity contribution in [2.75, 3.05) is 26.2 Å². The Morgan fingerprint density at radius 3 is 2.71 bits per heavy atom. The number of carboxylic acid groups (broad SMARTS) is 1. The Morgan fingerprint density at radius 2 is 2.05 bits per heavy atom. The van der Waals surface area contributed by atoms with Crippen LogP contribution < -0.4 is 4.74 Å². The van der Waals surface area contributed by atoms with Crippen molar-refractivity contribution in [3.63, 3.8) is 0 Å². The molecule has 1 aromatic carbocycles. The smallest absolute Gasteiger partial charge is 0.303 e. The highest BCUT2D eigenvalue weighted by molar-refractivity contribution is 5.67. The Bertz CT molecular complexity index is 467. The molecule has 2 rings (SSSR count). The molecule has 116 valence electrons. The number of hydrogen-bond acceptors (Lipinski definition) is 3. The molecule has 0 bridgehead atoms. The van der Waals surface area contributed by atoms with Crippen LogP contribution in [0.1, 0.15) is 30.4 Å². The number of benzene rings is 1. The molecule has 1 heterocycles. The largest absolute Gasteiger partial charge is 0.494 e. The first kappa shape index (κ1) is 15.8. The van der Waals surface area contributed by atoms with E-state index in [-0.39, 0.29) is 0 Å². The average molecular weight is 291 g/mol. The second-order valence-corrected chi connectivity index (χ2v) is 6.08. The van der Waals surface area contributed by atoms with E-state index in [1.54, 1.807) is 0 Å². The van der Waals surface area contributed by atoms with Gasteiger partial charge >= 0.3 is 5.97 Å². The lowest BCUT2D eigenvalue weighted by atomic mass is 10.1. The first-order valence-electron chi connectivity index (χ1n) is 7.68. The topological polar surface area (TPSA) is 49.8 Å². The van der Waals surface area contributed by atoms with Crippen LogP contribution in [0.25, 0.3) is 0 Å². The van der Waals surface area contributed by atoms with Crippen molar-refractivity contribution in [3.05, 3.63) is 29.3 Å². The highest BCUT2D eigenvalue weighted by Gasteiger charge is 2.23. The molecule has 0 aliphatic carbocycles. The Kier molecular flexibility index (Phi) is 5.62. The van der Waals surface area contributed by atoms with Crippen molar-refractivity contribution in [1.29, 1.82) is 0 Å². The number of ether oxygens (including phenoxy) is 1. The van der Waals surface area contributed by atoms with Crippen LogP contribution in [0.5, 0.6) is 5.75 Å². The van der Waals surface area contributed by atoms with Gasteiger partial charge in [-0.1, -0.05) is 6.07 Å². The summed E-state index contributed by atoms with van der Waals surface area (Å²) in [5, 5.41) is 8.81. The molecule has 4 nitrogen and oxygen atoms in total. The number of aliphatic carboxylic acids is 1. The fourth-order valence-corrected chi connectivity index (χ4v) is 3.02. The lowest BCUT2D eigenvalue weighted by Crippen LogP contribution is -2.23. The molecule has 1 N–H and O–H groups in total. The van der Waals surface area contributed by atoms with Gasteiger partial charge in [0.25, 0.3) is 0 Å². The second kappa shape index (κ2) is 7.46. The molecule has 1 fully saturated rings. The molecular weight excluding hydrogens is 266 g/mol. The predicted octanol–water partition coefficient (Wildman–Crippen LogP) is 2.87. The quantitative estimate of drug-likeness (QED) is 0.785. The average Bonchev–Trinajstić information content (AvgIpc) is 2.80. The van der Waals surface area contributed by atoms with Gasteiger partial charge in [0.2, 0.25) is 0 Å². The monoisotopic (exact) mass is 291 g/mol. The number of rotatable bonds is 7. The molecule has 0 amide bonds. The Balaban J connectivity index is 1.65. The van der Waals surface area contributed by atoms with E-state index in [0.717, 1.165) is 38.2 Å². The van der Waals surface area contributed by atoms with Crippen molar-refractivity contribution < 1.29 is 14.6 Å². The third kappa shape index (κ3) is 5.38. The number of hydrogen-bond donors (Lipinski definition) is 1. The lowest BCUT2D eigenvalue weighted by Gasteiger charge is -2.16. The van der Waals surface area contributed by atoms with Crippen molar-refractivity contribution in [2.45, 2.75) is 33.1 Å². The van der Waals surface area contributed by atoms with Crippen molar-refractivity contribution >= 4 is 5.97 Å². The summed E-state index contributed by atoms with van der Waals surface area (Å²) in [5.74, 6) is 0.584. The maximum absolute atomic E-state index is 10.7. The zero-order valence-corrected chi connectivity index (χ0v) is 13.0. The highest BCUT2D eigenvalue weighted by Crippen LogP contribution is 2.20. The molecule has 1 aliphatic heterocycles. The van der Waals surface area contributed by atoms with E-state index < -0.39 is 5.97 Å². The van der Waals surface area contributed by atoms with Gasteiger partial charge in [0, 0.05) is 19.5 Å². The summed E-state index contributed by atoms with van der Waals surface area (Å²) in [6.45, 7) is 7.78. The maximum atomic E-state index is 10.7. The van der Waals surface area contributed by atoms with Crippen molar-refractivity contribution in [1.82, 2.24) is 4.90 Å². The fourth-order valence-electron chi connectivity index (χ4n) is 3.02. The molecule has 0 saturated carbocycles. The zero-order chi connectivity index (χ0) is 15.2. The number of carbonyl (C=O) groups is 1. The van der Waals surface area contributed by atoms with Crippen LogP contribution in [0.3, 0.4) is 0 Å². The van der Waals surface area contributed by atoms with Crippen LogP contribution in [0.15, 0.2) is 18.2 Å². The molecule has 1 unspecified atom stereocenters. The van der Waals surface area contributed by atoms with Crippen LogP contribution in [0.2, 0.25) is 0 Å². The number of nitrogens with zero attached hydrogens (tertiary/aromatic N) is 1. The van der Waals surface area contributed by atoms with Crippen LogP contribution in [0.4, 0.5) is 0 Å². The van der Waals surface area contributed by atoms with Crippen molar-refractivity contribution in [3.8, 4) is 5.75 Å². The van der Waals surface area contributed by atoms with Gasteiger partial charge in [0.1, 0.15) is 5.75 Å². The van der Waals surface area contributed by atoms with Gasteiger partial charge in [-0.3, -0.25) is 4.79 Å². The molecular formula is C17H25NO3. The van der Waals surface area contributed by atoms with Crippen LogP contribution in [-0.2, 0) is 4.79 Å². The molecule has 1 aliphatic rings. The van der Waals surface area contributed by atoms with E-state index in [2.05, 4.69) is 36.9 Å². The first-order chi connectivity index (χ1) is 10.0. The maximum Gasteiger partial charge on any atom is 0.303 e. The van der Waals surface area contributed by atoms with Crippen LogP contribution in [0, 0.1) is 19.8 Å². The lowest BCUT2D eigenvalue weighted by molar-refractivity contribution is -0.138. The summed E-state index contributed by atoms with van der Waals surface area (Å²) in [7, 11) is 0. The van der Waals surface area contributed by atoms with Gasteiger partial charge in [0.05, 0.1) is 6.61 Å². The first-order valence-corrected chi connectivity index (χ1v) is 7.68. The van der Waals surface area contributed by atoms with Gasteiger partial charge in [-0.25, -0.2) is 0 Å². The van der Waals surface area contributed by atoms with E-state index in [1.807, 2.05) is 0 Å². The van der Waals surface area contributed by atoms with Crippen molar-refractivity contribution in [2.24, 2.45) is 5.92 Å². The molecule has 1 aromatic rings. The Labute approximate surface area is 126 Å². The second-order valence-electron chi connectivity index (χ2n) is 6.08. The summed E-state index contributed by atoms with van der Waals surface area (Å²) >= 11 is 0. The molecule has 0 spiro atoms. The summed E-state index contributed by atoms with van der Waals surface area (Å²) in [4.78, 5) is 13.0. The third-order valence-corrected chi connectivity index (χ3v) is 3.92. The normalized spacial score (nSPS) is 18.9. The van der Waals surface area contributed by atoms with Crippen LogP contribution >= 0.6 is 0 Å². The van der Waals surface area contributed by atoms with Gasteiger partial charge in [-0.15, -0.1) is 0 Å². The summed E-state index contributed by atoms with van der Waals surface area (Å²) in [6.07, 6.45) is 2.28. The molecule has 0 aromatic heterocycles. The van der Waals surface area contributed by atoms with E-state index in [0.29, 0.717) is 18.9 Å². The summed E-state index contributed by atoms with van der Waals surface area (Å²) < 4.78 is 5.80. The zero-order valence-electron chi connectivity index (χ0n) is 13.0. The SMILES string of the molecule is Cc1cc(C)cc(OCCCN2CCC(CC(=O)O)C2)c1. The summed E-state index contributed by atoms with van der Waals surface area (Å²) in [5.41, 5.74) is 2.45. The predicted molar refractivity (Wildman–Crippen MR) is 82.8 cm³/mol. The molecule has 21 heavy (non-hydrogen) atoms. The molecule has 4 heteroatoms. The molecule has 1 saturated heterocycles. The van der Waals surface area contributed by atoms with E-state index in [1.165, 1.54) is 11.1 Å². The third-order valence-electron chi connectivity index (χ3n) is 3.92. The van der Waals surface area contributed by atoms with Gasteiger partial charge in [-0.05, 0) is 62.4 Å². The minimum atomic E-state index is -0.681. The number of likely N-dealkylation sites (tertiary alicyclic amines) is 1. The van der Waals surface area contributed by atoms with Gasteiger partial charge in [0.15, 0.2) is 0 Å². The standard InChI is InChI=1S/C17H25NO3/c1-13-8-14(2)10-16(9-13)21-7-3-5-18-6-4-15(12-18)11-17(19)20/h8-10,15H,3-7,11-12H2,1-2H3,(H,19,20). The fraction of sp³-hybridized carbons (Fsp3) is 0.588. The Hall–Kier alpha value is -1.55. The highest BCUT2D eigenvalue weighted by atomic mass is 16.5. The van der Waals surface area contributed by atoms with Gasteiger partial charge in [-0.2, -0.15) is 0 Å². The van der Waals surface area contributed by atoms with Crippen LogP contribution in [-0.4, -0.2) is 42.2 Å².